The first-order valence-corrected chi connectivity index (χ1v) is 21.1. The SMILES string of the molecule is O=C([O-])C[C@H](O)C[C@H](O)/C=C/c1c(-c2ccc(F)cc2)c2ccccc2[n+]([O-])c1C1CC1.O=C([O-])C[C@H](O)C[C@H](O)/C=C/c1c(-c2ccc(F)cc2)c2ccccc2[n+]([O-])c1C1CC1.[Ca+2]. The number of para-hydroxylation sites is 2. The molecule has 2 aliphatic rings. The molecule has 12 nitrogen and oxygen atoms in total. The minimum atomic E-state index is -1.40. The second-order valence-electron chi connectivity index (χ2n) is 16.3. The molecular weight excluding hydrogens is 867 g/mol. The quantitative estimate of drug-likeness (QED) is 0.0608. The van der Waals surface area contributed by atoms with Crippen molar-refractivity contribution < 1.29 is 58.5 Å². The number of benzene rings is 4. The average Bonchev–Trinajstić information content (AvgIpc) is 4.19. The molecule has 2 heterocycles. The Morgan fingerprint density at radius 2 is 0.923 bits per heavy atom. The second kappa shape index (κ2) is 21.8. The van der Waals surface area contributed by atoms with Crippen LogP contribution in [-0.2, 0) is 9.59 Å². The fourth-order valence-electron chi connectivity index (χ4n) is 8.11. The van der Waals surface area contributed by atoms with E-state index in [0.29, 0.717) is 44.3 Å². The maximum Gasteiger partial charge on any atom is 2.00 e. The molecule has 4 atom stereocenters. The zero-order valence-corrected chi connectivity index (χ0v) is 37.5. The molecule has 0 unspecified atom stereocenters. The van der Waals surface area contributed by atoms with E-state index in [-0.39, 0.29) is 74.1 Å². The number of nitrogens with zero attached hydrogens (tertiary/aromatic N) is 2. The number of halogens is 2. The molecule has 2 saturated carbocycles. The Bertz CT molecular complexity index is 2540. The number of hydrogen-bond donors (Lipinski definition) is 4. The molecule has 0 saturated heterocycles. The first-order valence-electron chi connectivity index (χ1n) is 21.1. The molecule has 4 aromatic carbocycles. The van der Waals surface area contributed by atoms with E-state index in [1.165, 1.54) is 36.4 Å². The van der Waals surface area contributed by atoms with Crippen molar-refractivity contribution in [1.29, 1.82) is 0 Å². The van der Waals surface area contributed by atoms with Gasteiger partial charge in [-0.3, -0.25) is 0 Å². The summed E-state index contributed by atoms with van der Waals surface area (Å²) in [5.74, 6) is -3.38. The van der Waals surface area contributed by atoms with Crippen LogP contribution in [0, 0.1) is 22.0 Å². The van der Waals surface area contributed by atoms with Crippen LogP contribution in [0.4, 0.5) is 8.78 Å². The number of pyridine rings is 2. The summed E-state index contributed by atoms with van der Waals surface area (Å²) in [6, 6.07) is 26.4. The number of fused-ring (bicyclic) bond motifs is 2. The molecule has 0 spiro atoms. The number of aromatic nitrogens is 2. The van der Waals surface area contributed by atoms with Crippen molar-refractivity contribution in [2.45, 2.75) is 87.6 Å². The number of carbonyl (C=O) groups is 2. The van der Waals surface area contributed by atoms with Gasteiger partial charge in [-0.15, -0.1) is 0 Å². The Labute approximate surface area is 403 Å². The van der Waals surface area contributed by atoms with E-state index >= 15 is 0 Å². The van der Waals surface area contributed by atoms with Gasteiger partial charge in [0, 0.05) is 72.7 Å². The topological polar surface area (TPSA) is 215 Å². The maximum atomic E-state index is 13.6. The Kier molecular flexibility index (Phi) is 16.5. The molecule has 0 amide bonds. The summed E-state index contributed by atoms with van der Waals surface area (Å²) >= 11 is 0. The molecule has 332 valence electrons. The normalized spacial score (nSPS) is 15.6. The third kappa shape index (κ3) is 12.1. The third-order valence-corrected chi connectivity index (χ3v) is 11.3. The zero-order valence-electron chi connectivity index (χ0n) is 35.3. The first-order chi connectivity index (χ1) is 30.7. The van der Waals surface area contributed by atoms with Gasteiger partial charge in [-0.2, -0.15) is 9.46 Å². The Balaban J connectivity index is 0.000000212. The van der Waals surface area contributed by atoms with Crippen LogP contribution < -0.4 is 19.7 Å². The van der Waals surface area contributed by atoms with E-state index in [2.05, 4.69) is 0 Å². The average molecular weight is 913 g/mol. The molecule has 0 bridgehead atoms. The number of carboxylic acids is 2. The fraction of sp³-hybridized carbons (Fsp3) is 0.280. The Morgan fingerprint density at radius 3 is 1.25 bits per heavy atom. The van der Waals surface area contributed by atoms with Crippen LogP contribution in [0.15, 0.2) is 109 Å². The molecule has 6 aromatic rings. The first kappa shape index (κ1) is 49.1. The molecule has 0 radical (unpaired) electrons. The molecule has 2 aromatic heterocycles. The number of rotatable bonds is 16. The molecule has 65 heavy (non-hydrogen) atoms. The second-order valence-corrected chi connectivity index (χ2v) is 16.3. The Hall–Kier alpha value is -5.32. The van der Waals surface area contributed by atoms with E-state index in [9.17, 15) is 59.4 Å². The van der Waals surface area contributed by atoms with E-state index in [1.54, 1.807) is 60.7 Å². The van der Waals surface area contributed by atoms with E-state index in [0.717, 1.165) is 57.4 Å². The van der Waals surface area contributed by atoms with Crippen molar-refractivity contribution in [3.8, 4) is 22.3 Å². The molecule has 15 heteroatoms. The number of aliphatic carboxylic acids is 2. The van der Waals surface area contributed by atoms with Gasteiger partial charge in [0.05, 0.1) is 46.3 Å². The molecule has 0 aliphatic heterocycles. The molecule has 2 aliphatic carbocycles. The van der Waals surface area contributed by atoms with Crippen molar-refractivity contribution in [2.24, 2.45) is 0 Å². The summed E-state index contributed by atoms with van der Waals surface area (Å²) in [5, 5.41) is 89.4. The number of carboxylic acid groups (broad SMARTS) is 2. The van der Waals surface area contributed by atoms with Crippen molar-refractivity contribution >= 4 is 83.6 Å². The summed E-state index contributed by atoms with van der Waals surface area (Å²) in [4.78, 5) is 21.3. The zero-order chi connectivity index (χ0) is 45.7. The molecular formula is C50H46CaF2N2O10. The van der Waals surface area contributed by atoms with Crippen molar-refractivity contribution in [3.05, 3.63) is 154 Å². The fourth-order valence-corrected chi connectivity index (χ4v) is 8.11. The van der Waals surface area contributed by atoms with Gasteiger partial charge in [-0.05, 0) is 85.4 Å². The van der Waals surface area contributed by atoms with Crippen LogP contribution in [-0.4, -0.2) is 94.5 Å². The minimum Gasteiger partial charge on any atom is -0.618 e. The number of carbonyl (C=O) groups excluding carboxylic acids is 2. The summed E-state index contributed by atoms with van der Waals surface area (Å²) < 4.78 is 29.0. The van der Waals surface area contributed by atoms with E-state index < -0.39 is 49.2 Å². The van der Waals surface area contributed by atoms with Crippen molar-refractivity contribution in [2.75, 3.05) is 0 Å². The molecule has 8 rings (SSSR count). The van der Waals surface area contributed by atoms with Gasteiger partial charge < -0.3 is 50.6 Å². The van der Waals surface area contributed by atoms with Crippen LogP contribution in [0.25, 0.3) is 56.2 Å². The number of aliphatic hydroxyl groups is 4. The van der Waals surface area contributed by atoms with Gasteiger partial charge in [0.1, 0.15) is 11.6 Å². The maximum absolute atomic E-state index is 13.6. The van der Waals surface area contributed by atoms with Crippen LogP contribution in [0.2, 0.25) is 0 Å². The number of hydrogen-bond acceptors (Lipinski definition) is 10. The van der Waals surface area contributed by atoms with Gasteiger partial charge in [0.2, 0.25) is 22.4 Å². The minimum absolute atomic E-state index is 0. The van der Waals surface area contributed by atoms with Gasteiger partial charge in [-0.1, -0.05) is 60.7 Å². The monoisotopic (exact) mass is 912 g/mol. The summed E-state index contributed by atoms with van der Waals surface area (Å²) in [5.41, 5.74) is 6.42. The predicted octanol–water partition coefficient (Wildman–Crippen LogP) is 4.46. The molecule has 4 N–H and O–H groups in total. The third-order valence-electron chi connectivity index (χ3n) is 11.3. The molecule has 2 fully saturated rings. The van der Waals surface area contributed by atoms with Crippen molar-refractivity contribution in [3.63, 3.8) is 0 Å². The summed E-state index contributed by atoms with van der Waals surface area (Å²) in [6.45, 7) is 0. The van der Waals surface area contributed by atoms with Crippen LogP contribution in [0.1, 0.15) is 85.7 Å². The number of aliphatic hydroxyl groups excluding tert-OH is 4. The van der Waals surface area contributed by atoms with Crippen LogP contribution in [0.3, 0.4) is 0 Å². The largest absolute Gasteiger partial charge is 2.00 e. The van der Waals surface area contributed by atoms with Crippen LogP contribution >= 0.6 is 0 Å². The summed E-state index contributed by atoms with van der Waals surface area (Å²) in [7, 11) is 0. The van der Waals surface area contributed by atoms with Crippen LogP contribution in [0.5, 0.6) is 0 Å². The Morgan fingerprint density at radius 1 is 0.585 bits per heavy atom. The van der Waals surface area contributed by atoms with Gasteiger partial charge >= 0.3 is 37.7 Å². The standard InChI is InChI=1S/2C25H24FNO5.Ca/c2*26-17-9-7-15(8-10-17)24-20-3-1-2-4-22(20)27(32)25(16-5-6-16)21(24)12-11-18(28)13-19(29)14-23(30)31;/h2*1-4,7-12,16,18-19,28-29H,5-6,13-14H2,(H,30,31);/q;;+2/p-2/b2*12-11+;/t2*18-,19-;/m11./s1. The van der Waals surface area contributed by atoms with Gasteiger partial charge in [0.25, 0.3) is 0 Å². The van der Waals surface area contributed by atoms with Gasteiger partial charge in [-0.25, -0.2) is 8.78 Å². The van der Waals surface area contributed by atoms with E-state index in [4.69, 9.17) is 0 Å². The smallest absolute Gasteiger partial charge is 0.618 e. The predicted molar refractivity (Wildman–Crippen MR) is 237 cm³/mol. The van der Waals surface area contributed by atoms with Gasteiger partial charge in [0.15, 0.2) is 0 Å². The summed E-state index contributed by atoms with van der Waals surface area (Å²) in [6.07, 6.45) is 3.41. The van der Waals surface area contributed by atoms with Crippen molar-refractivity contribution in [1.82, 2.24) is 0 Å². The van der Waals surface area contributed by atoms with E-state index in [1.807, 2.05) is 24.3 Å².